The van der Waals surface area contributed by atoms with Gasteiger partial charge in [0.2, 0.25) is 0 Å². The van der Waals surface area contributed by atoms with E-state index in [1.807, 2.05) is 0 Å². The Labute approximate surface area is 102 Å². The summed E-state index contributed by atoms with van der Waals surface area (Å²) in [4.78, 5) is 21.6. The zero-order valence-corrected chi connectivity index (χ0v) is 9.90. The largest absolute Gasteiger partial charge is 0.478 e. The van der Waals surface area contributed by atoms with Crippen molar-refractivity contribution in [2.24, 2.45) is 0 Å². The number of hydrogen-bond acceptors (Lipinski definition) is 5. The van der Waals surface area contributed by atoms with Crippen LogP contribution in [0.4, 0.5) is 5.13 Å². The molecule has 0 amide bonds. The SMILES string of the molecule is O=C(O)c1cnc2nc(N3CCCC3)sc2c1. The van der Waals surface area contributed by atoms with E-state index in [1.165, 1.54) is 30.4 Å². The summed E-state index contributed by atoms with van der Waals surface area (Å²) < 4.78 is 0.840. The predicted octanol–water partition coefficient (Wildman–Crippen LogP) is 1.99. The highest BCUT2D eigenvalue weighted by Gasteiger charge is 2.17. The van der Waals surface area contributed by atoms with Gasteiger partial charge in [0.1, 0.15) is 0 Å². The predicted molar refractivity (Wildman–Crippen MR) is 65.8 cm³/mol. The molecule has 1 aliphatic heterocycles. The first-order chi connectivity index (χ1) is 8.24. The van der Waals surface area contributed by atoms with Gasteiger partial charge in [0.15, 0.2) is 10.8 Å². The number of nitrogens with zero attached hydrogens (tertiary/aromatic N) is 3. The van der Waals surface area contributed by atoms with Gasteiger partial charge in [-0.2, -0.15) is 4.98 Å². The van der Waals surface area contributed by atoms with E-state index >= 15 is 0 Å². The normalized spacial score (nSPS) is 15.6. The van der Waals surface area contributed by atoms with Crippen LogP contribution in [0.5, 0.6) is 0 Å². The molecule has 1 saturated heterocycles. The van der Waals surface area contributed by atoms with Crippen LogP contribution in [-0.2, 0) is 0 Å². The maximum atomic E-state index is 10.8. The van der Waals surface area contributed by atoms with E-state index in [0.717, 1.165) is 22.9 Å². The zero-order chi connectivity index (χ0) is 11.8. The fourth-order valence-corrected chi connectivity index (χ4v) is 2.98. The molecule has 0 atom stereocenters. The highest BCUT2D eigenvalue weighted by atomic mass is 32.1. The Morgan fingerprint density at radius 2 is 2.18 bits per heavy atom. The van der Waals surface area contributed by atoms with Crippen LogP contribution >= 0.6 is 11.3 Å². The topological polar surface area (TPSA) is 66.3 Å². The third-order valence-corrected chi connectivity index (χ3v) is 3.91. The van der Waals surface area contributed by atoms with Gasteiger partial charge in [-0.3, -0.25) is 0 Å². The molecule has 3 rings (SSSR count). The molecule has 5 nitrogen and oxygen atoms in total. The van der Waals surface area contributed by atoms with E-state index in [-0.39, 0.29) is 5.56 Å². The summed E-state index contributed by atoms with van der Waals surface area (Å²) >= 11 is 1.52. The van der Waals surface area contributed by atoms with Gasteiger partial charge in [0.25, 0.3) is 0 Å². The lowest BCUT2D eigenvalue weighted by molar-refractivity contribution is 0.0696. The van der Waals surface area contributed by atoms with Gasteiger partial charge >= 0.3 is 5.97 Å². The number of thiazole rings is 1. The van der Waals surface area contributed by atoms with Crippen LogP contribution in [0.3, 0.4) is 0 Å². The number of anilines is 1. The Balaban J connectivity index is 2.03. The van der Waals surface area contributed by atoms with E-state index < -0.39 is 5.97 Å². The molecule has 0 spiro atoms. The lowest BCUT2D eigenvalue weighted by Gasteiger charge is -2.11. The van der Waals surface area contributed by atoms with E-state index in [4.69, 9.17) is 5.11 Å². The van der Waals surface area contributed by atoms with Crippen LogP contribution in [0.15, 0.2) is 12.3 Å². The van der Waals surface area contributed by atoms with Crippen LogP contribution in [0.1, 0.15) is 23.2 Å². The Kier molecular flexibility index (Phi) is 2.44. The average Bonchev–Trinajstić information content (AvgIpc) is 2.96. The maximum absolute atomic E-state index is 10.8. The van der Waals surface area contributed by atoms with Crippen LogP contribution in [0.25, 0.3) is 10.3 Å². The summed E-state index contributed by atoms with van der Waals surface area (Å²) in [6, 6.07) is 1.64. The monoisotopic (exact) mass is 249 g/mol. The van der Waals surface area contributed by atoms with Gasteiger partial charge in [0, 0.05) is 19.3 Å². The van der Waals surface area contributed by atoms with Crippen molar-refractivity contribution in [3.8, 4) is 0 Å². The van der Waals surface area contributed by atoms with Crippen LogP contribution in [-0.4, -0.2) is 34.1 Å². The lowest BCUT2D eigenvalue weighted by Crippen LogP contribution is -2.16. The molecule has 17 heavy (non-hydrogen) atoms. The molecular weight excluding hydrogens is 238 g/mol. The summed E-state index contributed by atoms with van der Waals surface area (Å²) in [7, 11) is 0. The molecule has 1 N–H and O–H groups in total. The molecule has 2 aromatic heterocycles. The molecule has 6 heteroatoms. The molecular formula is C11H11N3O2S. The van der Waals surface area contributed by atoms with E-state index in [1.54, 1.807) is 6.07 Å². The fourth-order valence-electron chi connectivity index (χ4n) is 1.97. The number of hydrogen-bond donors (Lipinski definition) is 1. The van der Waals surface area contributed by atoms with Crippen molar-refractivity contribution in [2.75, 3.05) is 18.0 Å². The van der Waals surface area contributed by atoms with Crippen molar-refractivity contribution >= 4 is 32.8 Å². The number of carboxylic acids is 1. The number of fused-ring (bicyclic) bond motifs is 1. The van der Waals surface area contributed by atoms with Crippen LogP contribution in [0.2, 0.25) is 0 Å². The Morgan fingerprint density at radius 1 is 1.41 bits per heavy atom. The molecule has 0 bridgehead atoms. The van der Waals surface area contributed by atoms with Gasteiger partial charge in [-0.25, -0.2) is 9.78 Å². The van der Waals surface area contributed by atoms with Crippen molar-refractivity contribution in [3.05, 3.63) is 17.8 Å². The summed E-state index contributed by atoms with van der Waals surface area (Å²) in [5, 5.41) is 9.85. The molecule has 0 saturated carbocycles. The first kappa shape index (κ1) is 10.5. The van der Waals surface area contributed by atoms with Gasteiger partial charge < -0.3 is 10.0 Å². The average molecular weight is 249 g/mol. The number of pyridine rings is 1. The third kappa shape index (κ3) is 1.84. The number of carboxylic acid groups (broad SMARTS) is 1. The van der Waals surface area contributed by atoms with E-state index in [9.17, 15) is 4.79 Å². The van der Waals surface area contributed by atoms with Crippen molar-refractivity contribution < 1.29 is 9.90 Å². The number of aromatic nitrogens is 2. The van der Waals surface area contributed by atoms with Crippen molar-refractivity contribution in [2.45, 2.75) is 12.8 Å². The molecule has 2 aromatic rings. The number of rotatable bonds is 2. The molecule has 0 unspecified atom stereocenters. The van der Waals surface area contributed by atoms with Crippen molar-refractivity contribution in [1.82, 2.24) is 9.97 Å². The van der Waals surface area contributed by atoms with E-state index in [0.29, 0.717) is 5.65 Å². The first-order valence-corrected chi connectivity index (χ1v) is 6.30. The van der Waals surface area contributed by atoms with Crippen molar-refractivity contribution in [3.63, 3.8) is 0 Å². The standard InChI is InChI=1S/C11H11N3O2S/c15-10(16)7-5-8-9(12-6-7)13-11(17-8)14-3-1-2-4-14/h5-6H,1-4H2,(H,15,16). The highest BCUT2D eigenvalue weighted by Crippen LogP contribution is 2.30. The third-order valence-electron chi connectivity index (χ3n) is 2.86. The fraction of sp³-hybridized carbons (Fsp3) is 0.364. The molecule has 88 valence electrons. The molecule has 0 aliphatic carbocycles. The second-order valence-electron chi connectivity index (χ2n) is 4.04. The van der Waals surface area contributed by atoms with Gasteiger partial charge in [0.05, 0.1) is 10.3 Å². The van der Waals surface area contributed by atoms with Crippen molar-refractivity contribution in [1.29, 1.82) is 0 Å². The minimum atomic E-state index is -0.949. The molecule has 3 heterocycles. The summed E-state index contributed by atoms with van der Waals surface area (Å²) in [6.07, 6.45) is 3.76. The molecule has 1 fully saturated rings. The summed E-state index contributed by atoms with van der Waals surface area (Å²) in [6.45, 7) is 2.07. The second-order valence-corrected chi connectivity index (χ2v) is 5.05. The smallest absolute Gasteiger partial charge is 0.337 e. The maximum Gasteiger partial charge on any atom is 0.337 e. The van der Waals surface area contributed by atoms with Crippen LogP contribution < -0.4 is 4.90 Å². The Hall–Kier alpha value is -1.69. The summed E-state index contributed by atoms with van der Waals surface area (Å²) in [5.41, 5.74) is 0.857. The minimum absolute atomic E-state index is 0.217. The summed E-state index contributed by atoms with van der Waals surface area (Å²) in [5.74, 6) is -0.949. The molecule has 0 aromatic carbocycles. The quantitative estimate of drug-likeness (QED) is 0.881. The minimum Gasteiger partial charge on any atom is -0.478 e. The van der Waals surface area contributed by atoms with Gasteiger partial charge in [-0.05, 0) is 18.9 Å². The molecule has 1 aliphatic rings. The zero-order valence-electron chi connectivity index (χ0n) is 9.09. The van der Waals surface area contributed by atoms with Gasteiger partial charge in [-0.1, -0.05) is 11.3 Å². The first-order valence-electron chi connectivity index (χ1n) is 5.49. The highest BCUT2D eigenvalue weighted by molar-refractivity contribution is 7.22. The van der Waals surface area contributed by atoms with E-state index in [2.05, 4.69) is 14.9 Å². The Morgan fingerprint density at radius 3 is 2.88 bits per heavy atom. The Bertz CT molecular complexity index is 575. The second kappa shape index (κ2) is 3.96. The molecule has 0 radical (unpaired) electrons. The van der Waals surface area contributed by atoms with Crippen LogP contribution in [0, 0.1) is 0 Å². The lowest BCUT2D eigenvalue weighted by atomic mass is 10.3. The number of carbonyl (C=O) groups is 1. The van der Waals surface area contributed by atoms with Gasteiger partial charge in [-0.15, -0.1) is 0 Å². The number of aromatic carboxylic acids is 1.